The van der Waals surface area contributed by atoms with Gasteiger partial charge in [0.1, 0.15) is 11.5 Å². The summed E-state index contributed by atoms with van der Waals surface area (Å²) in [6.45, 7) is 13.1. The first-order valence-corrected chi connectivity index (χ1v) is 9.61. The van der Waals surface area contributed by atoms with Crippen molar-refractivity contribution in [3.63, 3.8) is 0 Å². The first-order chi connectivity index (χ1) is 11.1. The summed E-state index contributed by atoms with van der Waals surface area (Å²) in [6.07, 6.45) is 0. The summed E-state index contributed by atoms with van der Waals surface area (Å²) < 4.78 is 0.702. The molecule has 0 aliphatic carbocycles. The summed E-state index contributed by atoms with van der Waals surface area (Å²) in [5.41, 5.74) is 5.59. The van der Waals surface area contributed by atoms with E-state index >= 15 is 0 Å². The van der Waals surface area contributed by atoms with Crippen molar-refractivity contribution in [2.24, 2.45) is 0 Å². The topological polar surface area (TPSA) is 40.5 Å². The van der Waals surface area contributed by atoms with E-state index in [4.69, 9.17) is 0 Å². The molecule has 0 unspecified atom stereocenters. The molecular weight excluding hydrogens is 411 g/mol. The summed E-state index contributed by atoms with van der Waals surface area (Å²) in [5.74, 6) is 1.53. The molecule has 24 heavy (non-hydrogen) atoms. The van der Waals surface area contributed by atoms with Crippen molar-refractivity contribution in [2.75, 3.05) is 0 Å². The molecule has 0 amide bonds. The molecule has 0 bridgehead atoms. The predicted octanol–water partition coefficient (Wildman–Crippen LogP) is 6.74. The maximum absolute atomic E-state index is 10.5. The number of hydrogen-bond acceptors (Lipinski definition) is 2. The van der Waals surface area contributed by atoms with E-state index in [1.54, 1.807) is 12.1 Å². The first-order valence-electron chi connectivity index (χ1n) is 8.53. The summed E-state index contributed by atoms with van der Waals surface area (Å²) in [6, 6.07) is 7.65. The van der Waals surface area contributed by atoms with Crippen LogP contribution in [-0.4, -0.2) is 10.2 Å². The second-order valence-corrected chi connectivity index (χ2v) is 8.41. The van der Waals surface area contributed by atoms with Crippen LogP contribution in [0.15, 0.2) is 24.3 Å². The number of rotatable bonds is 4. The van der Waals surface area contributed by atoms with Crippen molar-refractivity contribution in [3.8, 4) is 22.6 Å². The van der Waals surface area contributed by atoms with Gasteiger partial charge in [-0.2, -0.15) is 0 Å². The molecule has 0 aliphatic heterocycles. The Labute approximate surface area is 159 Å². The van der Waals surface area contributed by atoms with Gasteiger partial charge in [-0.05, 0) is 74.7 Å². The second kappa shape index (κ2) is 7.34. The van der Waals surface area contributed by atoms with Crippen LogP contribution in [0.4, 0.5) is 0 Å². The molecule has 3 heteroatoms. The molecule has 130 valence electrons. The van der Waals surface area contributed by atoms with Crippen LogP contribution in [0, 0.1) is 3.57 Å². The molecule has 2 aromatic rings. The molecule has 0 heterocycles. The number of aromatic hydroxyl groups is 2. The lowest BCUT2D eigenvalue weighted by atomic mass is 9.81. The molecule has 0 aromatic heterocycles. The summed E-state index contributed by atoms with van der Waals surface area (Å²) >= 11 is 2.13. The highest BCUT2D eigenvalue weighted by Crippen LogP contribution is 2.45. The van der Waals surface area contributed by atoms with E-state index in [1.807, 2.05) is 0 Å². The van der Waals surface area contributed by atoms with Crippen LogP contribution in [0.25, 0.3) is 11.1 Å². The molecule has 2 aromatic carbocycles. The van der Waals surface area contributed by atoms with Crippen molar-refractivity contribution in [2.45, 2.75) is 59.3 Å². The van der Waals surface area contributed by atoms with Gasteiger partial charge in [0.2, 0.25) is 0 Å². The Bertz CT molecular complexity index is 717. The minimum absolute atomic E-state index is 0.209. The predicted molar refractivity (Wildman–Crippen MR) is 110 cm³/mol. The Morgan fingerprint density at radius 3 is 1.58 bits per heavy atom. The third kappa shape index (κ3) is 3.56. The molecule has 0 atom stereocenters. The number of hydrogen-bond donors (Lipinski definition) is 2. The molecule has 2 nitrogen and oxygen atoms in total. The van der Waals surface area contributed by atoms with Gasteiger partial charge >= 0.3 is 0 Å². The van der Waals surface area contributed by atoms with Gasteiger partial charge in [-0.1, -0.05) is 53.7 Å². The molecule has 0 fully saturated rings. The molecule has 0 saturated carbocycles. The van der Waals surface area contributed by atoms with Gasteiger partial charge in [0.05, 0.1) is 3.57 Å². The summed E-state index contributed by atoms with van der Waals surface area (Å²) in [4.78, 5) is 0. The van der Waals surface area contributed by atoms with Crippen molar-refractivity contribution < 1.29 is 10.2 Å². The average molecular weight is 438 g/mol. The zero-order valence-electron chi connectivity index (χ0n) is 15.3. The lowest BCUT2D eigenvalue weighted by Crippen LogP contribution is -2.04. The fraction of sp³-hybridized carbons (Fsp3) is 0.429. The van der Waals surface area contributed by atoms with Crippen LogP contribution in [0.3, 0.4) is 0 Å². The van der Waals surface area contributed by atoms with Crippen molar-refractivity contribution in [1.82, 2.24) is 0 Å². The lowest BCUT2D eigenvalue weighted by molar-refractivity contribution is 0.458. The summed E-state index contributed by atoms with van der Waals surface area (Å²) in [5, 5.41) is 20.7. The Morgan fingerprint density at radius 2 is 1.17 bits per heavy atom. The normalized spacial score (nSPS) is 11.8. The van der Waals surface area contributed by atoms with E-state index in [1.165, 1.54) is 16.7 Å². The van der Waals surface area contributed by atoms with Crippen molar-refractivity contribution in [3.05, 3.63) is 44.5 Å². The first kappa shape index (κ1) is 19.1. The molecular formula is C21H27IO2. The molecule has 0 spiro atoms. The van der Waals surface area contributed by atoms with Crippen LogP contribution >= 0.6 is 22.6 Å². The summed E-state index contributed by atoms with van der Waals surface area (Å²) in [7, 11) is 0. The van der Waals surface area contributed by atoms with Crippen LogP contribution < -0.4 is 0 Å². The SMILES string of the molecule is CC(C)c1cc(C(C)C)c(-c2c(O)ccc(O)c2I)c(C(C)C)c1. The van der Waals surface area contributed by atoms with Gasteiger partial charge in [-0.15, -0.1) is 0 Å². The van der Waals surface area contributed by atoms with Crippen LogP contribution in [-0.2, 0) is 0 Å². The maximum Gasteiger partial charge on any atom is 0.129 e. The van der Waals surface area contributed by atoms with Crippen LogP contribution in [0.1, 0.15) is 76.0 Å². The number of phenols is 2. The van der Waals surface area contributed by atoms with Gasteiger partial charge < -0.3 is 10.2 Å². The minimum atomic E-state index is 0.209. The highest BCUT2D eigenvalue weighted by atomic mass is 127. The highest BCUT2D eigenvalue weighted by molar-refractivity contribution is 14.1. The fourth-order valence-electron chi connectivity index (χ4n) is 3.04. The monoisotopic (exact) mass is 438 g/mol. The van der Waals surface area contributed by atoms with E-state index in [0.29, 0.717) is 21.3 Å². The number of halogens is 1. The van der Waals surface area contributed by atoms with Crippen LogP contribution in [0.2, 0.25) is 0 Å². The Hall–Kier alpha value is -1.23. The van der Waals surface area contributed by atoms with E-state index in [9.17, 15) is 10.2 Å². The average Bonchev–Trinajstić information content (AvgIpc) is 2.50. The van der Waals surface area contributed by atoms with Gasteiger partial charge in [-0.3, -0.25) is 0 Å². The smallest absolute Gasteiger partial charge is 0.129 e. The number of phenolic OH excluding ortho intramolecular Hbond substituents is 2. The Kier molecular flexibility index (Phi) is 5.84. The van der Waals surface area contributed by atoms with Crippen molar-refractivity contribution >= 4 is 22.6 Å². The Morgan fingerprint density at radius 1 is 0.708 bits per heavy atom. The molecule has 0 saturated heterocycles. The highest BCUT2D eigenvalue weighted by Gasteiger charge is 2.23. The lowest BCUT2D eigenvalue weighted by Gasteiger charge is -2.24. The zero-order chi connectivity index (χ0) is 18.2. The van der Waals surface area contributed by atoms with E-state index in [-0.39, 0.29) is 11.5 Å². The standard InChI is InChI=1S/C21H27IO2/c1-11(2)14-9-15(12(3)4)19(16(10-14)13(5)6)20-17(23)7-8-18(24)21(20)22/h7-13,23-24H,1-6H3. The Balaban J connectivity index is 2.94. The van der Waals surface area contributed by atoms with Gasteiger partial charge in [0.25, 0.3) is 0 Å². The quantitative estimate of drug-likeness (QED) is 0.410. The third-order valence-electron chi connectivity index (χ3n) is 4.48. The van der Waals surface area contributed by atoms with Crippen molar-refractivity contribution in [1.29, 1.82) is 0 Å². The fourth-order valence-corrected chi connectivity index (χ4v) is 3.76. The zero-order valence-corrected chi connectivity index (χ0v) is 17.5. The van der Waals surface area contributed by atoms with E-state index in [2.05, 4.69) is 76.3 Å². The largest absolute Gasteiger partial charge is 0.507 e. The minimum Gasteiger partial charge on any atom is -0.507 e. The maximum atomic E-state index is 10.5. The van der Waals surface area contributed by atoms with Gasteiger partial charge in [0.15, 0.2) is 0 Å². The van der Waals surface area contributed by atoms with Gasteiger partial charge in [0, 0.05) is 5.56 Å². The van der Waals surface area contributed by atoms with E-state index in [0.717, 1.165) is 11.1 Å². The molecule has 2 rings (SSSR count). The molecule has 0 radical (unpaired) electrons. The van der Waals surface area contributed by atoms with E-state index < -0.39 is 0 Å². The molecule has 0 aliphatic rings. The number of benzene rings is 2. The third-order valence-corrected chi connectivity index (χ3v) is 5.57. The van der Waals surface area contributed by atoms with Crippen LogP contribution in [0.5, 0.6) is 11.5 Å². The second-order valence-electron chi connectivity index (χ2n) is 7.33. The van der Waals surface area contributed by atoms with Gasteiger partial charge in [-0.25, -0.2) is 0 Å². The molecule has 2 N–H and O–H groups in total.